The minimum Gasteiger partial charge on any atom is -0.444 e. The number of carbonyl (C=O) groups is 1. The van der Waals surface area contributed by atoms with Gasteiger partial charge in [-0.3, -0.25) is 4.68 Å². The Morgan fingerprint density at radius 1 is 1.25 bits per heavy atom. The minimum atomic E-state index is -2.94. The topological polar surface area (TPSA) is 76.4 Å². The van der Waals surface area contributed by atoms with Gasteiger partial charge in [-0.05, 0) is 40.5 Å². The van der Waals surface area contributed by atoms with Gasteiger partial charge in [0, 0.05) is 49.4 Å². The molecule has 2 fully saturated rings. The zero-order valence-corrected chi connectivity index (χ0v) is 18.8. The molecule has 2 aliphatic heterocycles. The molecule has 2 saturated heterocycles. The summed E-state index contributed by atoms with van der Waals surface area (Å²) in [6, 6.07) is 0.259. The van der Waals surface area contributed by atoms with Crippen molar-refractivity contribution in [1.82, 2.24) is 24.6 Å². The molecule has 1 amide bonds. The summed E-state index contributed by atoms with van der Waals surface area (Å²) in [5, 5.41) is 4.44. The molecule has 2 aromatic heterocycles. The van der Waals surface area contributed by atoms with Gasteiger partial charge >= 0.3 is 6.09 Å². The Labute approximate surface area is 185 Å². The molecule has 3 aliphatic rings. The second kappa shape index (κ2) is 7.11. The van der Waals surface area contributed by atoms with Crippen molar-refractivity contribution >= 4 is 12.0 Å². The lowest BCUT2D eigenvalue weighted by Crippen LogP contribution is -2.52. The molecule has 0 bridgehead atoms. The van der Waals surface area contributed by atoms with Gasteiger partial charge in [0.1, 0.15) is 11.3 Å². The van der Waals surface area contributed by atoms with Crippen LogP contribution in [0.1, 0.15) is 57.8 Å². The molecule has 1 atom stereocenters. The van der Waals surface area contributed by atoms with Crippen molar-refractivity contribution in [3.05, 3.63) is 23.7 Å². The van der Waals surface area contributed by atoms with Crippen molar-refractivity contribution in [2.24, 2.45) is 0 Å². The van der Waals surface area contributed by atoms with Crippen molar-refractivity contribution < 1.29 is 18.3 Å². The van der Waals surface area contributed by atoms with Crippen molar-refractivity contribution in [1.29, 1.82) is 0 Å². The van der Waals surface area contributed by atoms with Gasteiger partial charge in [0.15, 0.2) is 0 Å². The first kappa shape index (κ1) is 21.1. The Balaban J connectivity index is 1.38. The molecular formula is C22H28F2N6O2. The Morgan fingerprint density at radius 3 is 2.62 bits per heavy atom. The monoisotopic (exact) mass is 446 g/mol. The number of alkyl halides is 2. The first-order chi connectivity index (χ1) is 15.0. The number of anilines is 1. The molecule has 10 heteroatoms. The number of carbonyl (C=O) groups excluding carboxylic acids is 1. The van der Waals surface area contributed by atoms with E-state index in [-0.39, 0.29) is 36.7 Å². The number of amides is 1. The molecule has 0 N–H and O–H groups in total. The highest BCUT2D eigenvalue weighted by molar-refractivity contribution is 5.69. The van der Waals surface area contributed by atoms with E-state index in [1.807, 2.05) is 38.8 Å². The predicted molar refractivity (Wildman–Crippen MR) is 114 cm³/mol. The number of likely N-dealkylation sites (tertiary alicyclic amines) is 1. The lowest BCUT2D eigenvalue weighted by atomic mass is 10.1. The third-order valence-corrected chi connectivity index (χ3v) is 6.37. The standard InChI is InChI=1S/C22H28F2N6O2/c1-13-6-8-29(13)19-26-17(16-5-7-22(23,24)18(16)27-19)14-9-25-30(10-14)15-11-28(12-15)20(31)32-21(2,3)4/h9-10,13,15H,5-8,11-12H2,1-4H3. The normalized spacial score (nSPS) is 22.4. The first-order valence-corrected chi connectivity index (χ1v) is 11.1. The van der Waals surface area contributed by atoms with Crippen LogP contribution in [-0.2, 0) is 17.1 Å². The van der Waals surface area contributed by atoms with Crippen LogP contribution >= 0.6 is 0 Å². The van der Waals surface area contributed by atoms with E-state index in [2.05, 4.69) is 10.1 Å². The Kier molecular flexibility index (Phi) is 4.69. The summed E-state index contributed by atoms with van der Waals surface area (Å²) in [5.41, 5.74) is 1.06. The van der Waals surface area contributed by atoms with Gasteiger partial charge < -0.3 is 14.5 Å². The van der Waals surface area contributed by atoms with Gasteiger partial charge in [-0.2, -0.15) is 13.9 Å². The van der Waals surface area contributed by atoms with Crippen LogP contribution in [0.5, 0.6) is 0 Å². The molecule has 172 valence electrons. The number of rotatable bonds is 3. The van der Waals surface area contributed by atoms with Crippen molar-refractivity contribution in [2.45, 2.75) is 70.6 Å². The van der Waals surface area contributed by atoms with Crippen LogP contribution in [0.15, 0.2) is 12.4 Å². The fourth-order valence-corrected chi connectivity index (χ4v) is 4.35. The average Bonchev–Trinajstić information content (AvgIpc) is 3.22. The lowest BCUT2D eigenvalue weighted by molar-refractivity contribution is -0.00602. The number of ether oxygens (including phenoxy) is 1. The quantitative estimate of drug-likeness (QED) is 0.715. The Bertz CT molecular complexity index is 1060. The summed E-state index contributed by atoms with van der Waals surface area (Å²) in [5.74, 6) is -2.57. The van der Waals surface area contributed by atoms with Gasteiger partial charge in [0.2, 0.25) is 5.95 Å². The highest BCUT2D eigenvalue weighted by atomic mass is 19.3. The number of aromatic nitrogens is 4. The van der Waals surface area contributed by atoms with Gasteiger partial charge in [0.05, 0.1) is 17.9 Å². The van der Waals surface area contributed by atoms with E-state index < -0.39 is 11.5 Å². The zero-order chi connectivity index (χ0) is 22.8. The van der Waals surface area contributed by atoms with Crippen LogP contribution in [0.2, 0.25) is 0 Å². The molecule has 5 rings (SSSR count). The van der Waals surface area contributed by atoms with Crippen LogP contribution in [0.3, 0.4) is 0 Å². The molecule has 0 saturated carbocycles. The summed E-state index contributed by atoms with van der Waals surface area (Å²) in [7, 11) is 0. The maximum Gasteiger partial charge on any atom is 0.410 e. The first-order valence-electron chi connectivity index (χ1n) is 11.1. The highest BCUT2D eigenvalue weighted by Gasteiger charge is 2.44. The molecule has 1 aliphatic carbocycles. The van der Waals surface area contributed by atoms with Gasteiger partial charge in [0.25, 0.3) is 5.92 Å². The van der Waals surface area contributed by atoms with E-state index in [1.165, 1.54) is 0 Å². The van der Waals surface area contributed by atoms with Crippen molar-refractivity contribution in [2.75, 3.05) is 24.5 Å². The average molecular weight is 447 g/mol. The van der Waals surface area contributed by atoms with E-state index in [0.29, 0.717) is 35.9 Å². The van der Waals surface area contributed by atoms with Gasteiger partial charge in [-0.25, -0.2) is 14.8 Å². The molecule has 32 heavy (non-hydrogen) atoms. The van der Waals surface area contributed by atoms with Gasteiger partial charge in [-0.15, -0.1) is 0 Å². The summed E-state index contributed by atoms with van der Waals surface area (Å²) in [4.78, 5) is 24.7. The number of fused-ring (bicyclic) bond motifs is 1. The van der Waals surface area contributed by atoms with E-state index in [4.69, 9.17) is 9.72 Å². The summed E-state index contributed by atoms with van der Waals surface area (Å²) in [6.07, 6.45) is 4.15. The van der Waals surface area contributed by atoms with Crippen molar-refractivity contribution in [3.8, 4) is 11.3 Å². The Hall–Kier alpha value is -2.78. The number of hydrogen-bond acceptors (Lipinski definition) is 6. The summed E-state index contributed by atoms with van der Waals surface area (Å²) < 4.78 is 36.3. The largest absolute Gasteiger partial charge is 0.444 e. The zero-order valence-electron chi connectivity index (χ0n) is 18.8. The second-order valence-electron chi connectivity index (χ2n) is 9.98. The molecule has 1 unspecified atom stereocenters. The lowest BCUT2D eigenvalue weighted by Gasteiger charge is -2.39. The van der Waals surface area contributed by atoms with Crippen molar-refractivity contribution in [3.63, 3.8) is 0 Å². The fraction of sp³-hybridized carbons (Fsp3) is 0.636. The van der Waals surface area contributed by atoms with E-state index in [1.54, 1.807) is 15.8 Å². The van der Waals surface area contributed by atoms with Crippen LogP contribution in [0.4, 0.5) is 19.5 Å². The van der Waals surface area contributed by atoms with Crippen LogP contribution in [0, 0.1) is 0 Å². The molecule has 4 heterocycles. The predicted octanol–water partition coefficient (Wildman–Crippen LogP) is 3.77. The Morgan fingerprint density at radius 2 is 2.00 bits per heavy atom. The smallest absolute Gasteiger partial charge is 0.410 e. The molecule has 0 spiro atoms. The summed E-state index contributed by atoms with van der Waals surface area (Å²) in [6.45, 7) is 9.30. The maximum atomic E-state index is 14.5. The van der Waals surface area contributed by atoms with Crippen LogP contribution < -0.4 is 4.90 Å². The van der Waals surface area contributed by atoms with Crippen LogP contribution in [-0.4, -0.2) is 62.0 Å². The van der Waals surface area contributed by atoms with E-state index in [9.17, 15) is 13.6 Å². The number of nitrogens with zero attached hydrogens (tertiary/aromatic N) is 6. The van der Waals surface area contributed by atoms with E-state index >= 15 is 0 Å². The third kappa shape index (κ3) is 3.59. The molecule has 8 nitrogen and oxygen atoms in total. The maximum absolute atomic E-state index is 14.5. The second-order valence-corrected chi connectivity index (χ2v) is 9.98. The molecule has 2 aromatic rings. The highest BCUT2D eigenvalue weighted by Crippen LogP contribution is 2.45. The summed E-state index contributed by atoms with van der Waals surface area (Å²) >= 11 is 0. The molecular weight excluding hydrogens is 418 g/mol. The van der Waals surface area contributed by atoms with Gasteiger partial charge in [-0.1, -0.05) is 0 Å². The third-order valence-electron chi connectivity index (χ3n) is 6.37. The fourth-order valence-electron chi connectivity index (χ4n) is 4.35. The van der Waals surface area contributed by atoms with Crippen LogP contribution in [0.25, 0.3) is 11.3 Å². The molecule has 0 aromatic carbocycles. The SMILES string of the molecule is CC1CCN1c1nc(-c2cnn(C3CN(C(=O)OC(C)(C)C)C3)c2)c2c(n1)C(F)(F)CC2. The minimum absolute atomic E-state index is 0.0162. The molecule has 0 radical (unpaired) electrons. The van der Waals surface area contributed by atoms with E-state index in [0.717, 1.165) is 13.0 Å². The number of halogens is 2. The number of hydrogen-bond donors (Lipinski definition) is 0.